The summed E-state index contributed by atoms with van der Waals surface area (Å²) in [5.41, 5.74) is 0. The summed E-state index contributed by atoms with van der Waals surface area (Å²) >= 11 is 0. The highest BCUT2D eigenvalue weighted by molar-refractivity contribution is 4.89. The van der Waals surface area contributed by atoms with Gasteiger partial charge in [-0.05, 0) is 13.0 Å². The van der Waals surface area contributed by atoms with Gasteiger partial charge in [-0.15, -0.1) is 0 Å². The lowest BCUT2D eigenvalue weighted by molar-refractivity contribution is 1.90. The monoisotopic (exact) mass is 66.0 g/mol. The standard InChI is InChI=1S/C5H6/c1-3-5-4-2/h3-4H,1-2H2. The zero-order valence-corrected chi connectivity index (χ0v) is 3.07. The molecule has 0 amide bonds. The molecule has 0 aliphatic carbocycles. The van der Waals surface area contributed by atoms with Crippen LogP contribution in [0.4, 0.5) is 0 Å². The first-order chi connectivity index (χ1) is 2.41. The van der Waals surface area contributed by atoms with Crippen molar-refractivity contribution in [3.05, 3.63) is 31.7 Å². The molecule has 0 aromatic rings. The lowest BCUT2D eigenvalue weighted by atomic mass is 10.5. The molecule has 0 heterocycles. The molecule has 0 aliphatic rings. The van der Waals surface area contributed by atoms with Crippen LogP contribution in [0.3, 0.4) is 0 Å². The fourth-order valence-corrected chi connectivity index (χ4v) is 0.0833. The van der Waals surface area contributed by atoms with Gasteiger partial charge in [0.15, 0.2) is 0 Å². The number of allylic oxidation sites excluding steroid dienone is 3. The normalized spacial score (nSPS) is 9.00. The first kappa shape index (κ1) is 4.48. The van der Waals surface area contributed by atoms with Crippen molar-refractivity contribution in [3.8, 4) is 0 Å². The smallest absolute Gasteiger partial charge is 0.0233 e. The van der Waals surface area contributed by atoms with E-state index in [-0.39, 0.29) is 0 Å². The highest BCUT2D eigenvalue weighted by atomic mass is 13.5. The first-order valence-corrected chi connectivity index (χ1v) is 1.39. The maximum Gasteiger partial charge on any atom is -0.0233 e. The zero-order valence-electron chi connectivity index (χ0n) is 3.07. The SMILES string of the molecule is [CH2]/C=[C]/C=C. The minimum Gasteiger partial charge on any atom is -0.0985 e. The minimum atomic E-state index is 1.56. The van der Waals surface area contributed by atoms with Crippen LogP contribution in [0.5, 0.6) is 0 Å². The van der Waals surface area contributed by atoms with E-state index in [9.17, 15) is 0 Å². The van der Waals surface area contributed by atoms with Crippen molar-refractivity contribution in [1.82, 2.24) is 0 Å². The number of hydrogen-bond donors (Lipinski definition) is 0. The van der Waals surface area contributed by atoms with Crippen LogP contribution < -0.4 is 0 Å². The lowest BCUT2D eigenvalue weighted by Gasteiger charge is -1.54. The number of rotatable bonds is 1. The minimum absolute atomic E-state index is 1.56. The van der Waals surface area contributed by atoms with E-state index < -0.39 is 0 Å². The van der Waals surface area contributed by atoms with Gasteiger partial charge < -0.3 is 0 Å². The summed E-state index contributed by atoms with van der Waals surface area (Å²) in [7, 11) is 0. The molecule has 0 nitrogen and oxygen atoms in total. The maximum atomic E-state index is 3.37. The molecule has 2 radical (unpaired) electrons. The first-order valence-electron chi connectivity index (χ1n) is 1.39. The summed E-state index contributed by atoms with van der Waals surface area (Å²) in [4.78, 5) is 0. The second kappa shape index (κ2) is 3.48. The van der Waals surface area contributed by atoms with Crippen LogP contribution in [0, 0.1) is 13.0 Å². The Labute approximate surface area is 32.8 Å². The van der Waals surface area contributed by atoms with Gasteiger partial charge in [-0.1, -0.05) is 18.7 Å². The molecule has 0 aliphatic heterocycles. The van der Waals surface area contributed by atoms with E-state index in [1.165, 1.54) is 0 Å². The Morgan fingerprint density at radius 3 is 2.20 bits per heavy atom. The molecule has 0 spiro atoms. The van der Waals surface area contributed by atoms with Crippen molar-refractivity contribution in [1.29, 1.82) is 0 Å². The Balaban J connectivity index is 2.92. The summed E-state index contributed by atoms with van der Waals surface area (Å²) in [6.45, 7) is 6.74. The van der Waals surface area contributed by atoms with Gasteiger partial charge in [-0.25, -0.2) is 0 Å². The van der Waals surface area contributed by atoms with E-state index >= 15 is 0 Å². The topological polar surface area (TPSA) is 0 Å². The molecule has 0 aromatic heterocycles. The summed E-state index contributed by atoms with van der Waals surface area (Å²) in [5, 5.41) is 0. The largest absolute Gasteiger partial charge is 0.0985 e. The summed E-state index contributed by atoms with van der Waals surface area (Å²) in [6.07, 6.45) is 5.76. The predicted octanol–water partition coefficient (Wildman–Crippen LogP) is 1.37. The Morgan fingerprint density at radius 2 is 2.20 bits per heavy atom. The van der Waals surface area contributed by atoms with Gasteiger partial charge in [-0.2, -0.15) is 0 Å². The van der Waals surface area contributed by atoms with E-state index in [0.717, 1.165) is 0 Å². The van der Waals surface area contributed by atoms with Crippen LogP contribution in [-0.4, -0.2) is 0 Å². The summed E-state index contributed by atoms with van der Waals surface area (Å²) in [5.74, 6) is 0. The molecule has 0 saturated carbocycles. The van der Waals surface area contributed by atoms with Crippen LogP contribution >= 0.6 is 0 Å². The van der Waals surface area contributed by atoms with Crippen LogP contribution in [-0.2, 0) is 0 Å². The average Bonchev–Trinajstić information content (AvgIpc) is 1.41. The maximum absolute atomic E-state index is 3.37. The molecule has 0 N–H and O–H groups in total. The average molecular weight is 66.1 g/mol. The van der Waals surface area contributed by atoms with E-state index in [0.29, 0.717) is 0 Å². The fourth-order valence-electron chi connectivity index (χ4n) is 0.0833. The van der Waals surface area contributed by atoms with E-state index in [2.05, 4.69) is 19.6 Å². The van der Waals surface area contributed by atoms with Crippen LogP contribution in [0.15, 0.2) is 18.7 Å². The van der Waals surface area contributed by atoms with Crippen molar-refractivity contribution in [3.63, 3.8) is 0 Å². The van der Waals surface area contributed by atoms with Crippen molar-refractivity contribution < 1.29 is 0 Å². The molecule has 0 fully saturated rings. The highest BCUT2D eigenvalue weighted by Gasteiger charge is 1.44. The van der Waals surface area contributed by atoms with Crippen molar-refractivity contribution in [2.75, 3.05) is 0 Å². The molecule has 0 rings (SSSR count). The second-order valence-electron chi connectivity index (χ2n) is 0.575. The molecule has 0 unspecified atom stereocenters. The van der Waals surface area contributed by atoms with Gasteiger partial charge in [0.1, 0.15) is 0 Å². The van der Waals surface area contributed by atoms with Crippen LogP contribution in [0.2, 0.25) is 0 Å². The summed E-state index contributed by atoms with van der Waals surface area (Å²) in [6, 6.07) is 0. The van der Waals surface area contributed by atoms with Gasteiger partial charge in [0.2, 0.25) is 0 Å². The third kappa shape index (κ3) is 3.48. The molecule has 0 bridgehead atoms. The summed E-state index contributed by atoms with van der Waals surface area (Å²) < 4.78 is 0. The van der Waals surface area contributed by atoms with E-state index in [1.807, 2.05) is 0 Å². The third-order valence-electron chi connectivity index (χ3n) is 0.236. The number of hydrogen-bond acceptors (Lipinski definition) is 0. The predicted molar refractivity (Wildman–Crippen MR) is 23.4 cm³/mol. The van der Waals surface area contributed by atoms with Crippen molar-refractivity contribution in [2.24, 2.45) is 0 Å². The molecule has 26 valence electrons. The molecule has 0 atom stereocenters. The molecular formula is C5H6. The molecule has 0 saturated heterocycles. The third-order valence-corrected chi connectivity index (χ3v) is 0.236. The quantitative estimate of drug-likeness (QED) is 0.405. The van der Waals surface area contributed by atoms with Crippen LogP contribution in [0.1, 0.15) is 0 Å². The Kier molecular flexibility index (Phi) is 3.12. The fraction of sp³-hybridized carbons (Fsp3) is 0. The molecule has 5 heavy (non-hydrogen) atoms. The molecule has 0 heteroatoms. The second-order valence-corrected chi connectivity index (χ2v) is 0.575. The molecular weight excluding hydrogens is 60.1 g/mol. The van der Waals surface area contributed by atoms with E-state index in [4.69, 9.17) is 0 Å². The Bertz CT molecular complexity index is 42.0. The van der Waals surface area contributed by atoms with Gasteiger partial charge in [0, 0.05) is 0 Å². The van der Waals surface area contributed by atoms with E-state index in [1.54, 1.807) is 12.2 Å². The lowest BCUT2D eigenvalue weighted by Crippen LogP contribution is -1.36. The zero-order chi connectivity index (χ0) is 4.12. The van der Waals surface area contributed by atoms with Gasteiger partial charge in [0.05, 0.1) is 0 Å². The molecule has 0 aromatic carbocycles. The van der Waals surface area contributed by atoms with Gasteiger partial charge in [0.25, 0.3) is 0 Å². The van der Waals surface area contributed by atoms with Gasteiger partial charge in [-0.3, -0.25) is 0 Å². The highest BCUT2D eigenvalue weighted by Crippen LogP contribution is 1.61. The van der Waals surface area contributed by atoms with Crippen molar-refractivity contribution >= 4 is 0 Å². The van der Waals surface area contributed by atoms with Gasteiger partial charge >= 0.3 is 0 Å². The van der Waals surface area contributed by atoms with Crippen molar-refractivity contribution in [2.45, 2.75) is 0 Å². The Morgan fingerprint density at radius 1 is 1.60 bits per heavy atom. The Hall–Kier alpha value is -0.520. The van der Waals surface area contributed by atoms with Crippen LogP contribution in [0.25, 0.3) is 0 Å².